The molecule has 0 bridgehead atoms. The van der Waals surface area contributed by atoms with Gasteiger partial charge in [0.05, 0.1) is 12.7 Å². The van der Waals surface area contributed by atoms with Crippen molar-refractivity contribution in [3.63, 3.8) is 0 Å². The van der Waals surface area contributed by atoms with E-state index in [1.54, 1.807) is 6.92 Å². The second-order valence-corrected chi connectivity index (χ2v) is 3.90. The molecule has 0 amide bonds. The summed E-state index contributed by atoms with van der Waals surface area (Å²) in [4.78, 5) is 10.5. The molecule has 1 atom stereocenters. The lowest BCUT2D eigenvalue weighted by molar-refractivity contribution is -0.117. The van der Waals surface area contributed by atoms with Gasteiger partial charge in [-0.2, -0.15) is 0 Å². The van der Waals surface area contributed by atoms with Crippen molar-refractivity contribution in [3.8, 4) is 0 Å². The Hall–Kier alpha value is -0.410. The second kappa shape index (κ2) is 13.6. The predicted octanol–water partition coefficient (Wildman–Crippen LogP) is 2.30. The number of hydrogen-bond donors (Lipinski definition) is 2. The molecule has 0 aromatic rings. The maximum Gasteiger partial charge on any atom is 0.129 e. The quantitative estimate of drug-likeness (QED) is 0.645. The van der Waals surface area contributed by atoms with Crippen molar-refractivity contribution in [1.82, 2.24) is 0 Å². The molecule has 0 spiro atoms. The van der Waals surface area contributed by atoms with Crippen LogP contribution >= 0.6 is 0 Å². The smallest absolute Gasteiger partial charge is 0.129 e. The normalized spacial score (nSPS) is 11.5. The van der Waals surface area contributed by atoms with Crippen LogP contribution in [0.25, 0.3) is 0 Å². The average molecular weight is 218 g/mol. The number of carbonyl (C=O) groups excluding carboxylic acids is 1. The van der Waals surface area contributed by atoms with Crippen LogP contribution in [0, 0.1) is 0 Å². The fourth-order valence-electron chi connectivity index (χ4n) is 0.977. The highest BCUT2D eigenvalue weighted by Crippen LogP contribution is 2.04. The molecule has 92 valence electrons. The van der Waals surface area contributed by atoms with Gasteiger partial charge >= 0.3 is 0 Å². The van der Waals surface area contributed by atoms with Crippen molar-refractivity contribution < 1.29 is 15.0 Å². The van der Waals surface area contributed by atoms with Gasteiger partial charge in [-0.25, -0.2) is 0 Å². The molecule has 1 unspecified atom stereocenters. The van der Waals surface area contributed by atoms with Crippen molar-refractivity contribution in [2.45, 2.75) is 65.4 Å². The van der Waals surface area contributed by atoms with Crippen LogP contribution in [0.2, 0.25) is 0 Å². The van der Waals surface area contributed by atoms with E-state index >= 15 is 0 Å². The summed E-state index contributed by atoms with van der Waals surface area (Å²) in [6.45, 7) is 5.25. The molecule has 0 rings (SSSR count). The third kappa shape index (κ3) is 24.7. The fraction of sp³-hybridized carbons (Fsp3) is 0.917. The molecular weight excluding hydrogens is 192 g/mol. The zero-order chi connectivity index (χ0) is 12.1. The lowest BCUT2D eigenvalue weighted by Crippen LogP contribution is -2.03. The number of ketones is 1. The maximum atomic E-state index is 10.5. The summed E-state index contributed by atoms with van der Waals surface area (Å²) in [5.74, 6) is 0.330. The van der Waals surface area contributed by atoms with E-state index in [0.29, 0.717) is 5.78 Å². The Bertz CT molecular complexity index is 133. The Morgan fingerprint density at radius 1 is 1.20 bits per heavy atom. The zero-order valence-corrected chi connectivity index (χ0v) is 10.3. The molecule has 3 nitrogen and oxygen atoms in total. The van der Waals surface area contributed by atoms with Crippen molar-refractivity contribution in [3.05, 3.63) is 0 Å². The Labute approximate surface area is 93.5 Å². The van der Waals surface area contributed by atoms with E-state index < -0.39 is 6.10 Å². The minimum absolute atomic E-state index is 0.139. The fourth-order valence-corrected chi connectivity index (χ4v) is 0.977. The molecule has 0 heterocycles. The summed E-state index contributed by atoms with van der Waals surface area (Å²) in [5, 5.41) is 16.0. The largest absolute Gasteiger partial charge is 0.394 e. The third-order valence-electron chi connectivity index (χ3n) is 1.90. The number of rotatable bonds is 7. The van der Waals surface area contributed by atoms with E-state index in [2.05, 4.69) is 6.92 Å². The second-order valence-electron chi connectivity index (χ2n) is 3.90. The minimum atomic E-state index is -0.560. The lowest BCUT2D eigenvalue weighted by Gasteiger charge is -1.95. The summed E-state index contributed by atoms with van der Waals surface area (Å²) in [6, 6.07) is 0. The Morgan fingerprint density at radius 3 is 2.00 bits per heavy atom. The number of aliphatic hydroxyl groups is 2. The van der Waals surface area contributed by atoms with E-state index in [9.17, 15) is 4.79 Å². The van der Waals surface area contributed by atoms with Crippen LogP contribution in [0.1, 0.15) is 59.3 Å². The van der Waals surface area contributed by atoms with Crippen LogP contribution in [0.4, 0.5) is 0 Å². The van der Waals surface area contributed by atoms with Gasteiger partial charge < -0.3 is 15.0 Å². The standard InChI is InChI=1S/C9H18O.C3H8O2/c1-3-4-5-6-7-8-9(2)10;1-3(5)2-4/h3-8H2,1-2H3;3-5H,2H2,1H3. The first-order chi connectivity index (χ1) is 7.04. The molecule has 2 N–H and O–H groups in total. The molecule has 0 aromatic heterocycles. The highest BCUT2D eigenvalue weighted by Gasteiger charge is 1.92. The van der Waals surface area contributed by atoms with Crippen molar-refractivity contribution >= 4 is 5.78 Å². The molecule has 0 radical (unpaired) electrons. The highest BCUT2D eigenvalue weighted by atomic mass is 16.3. The molecule has 0 aliphatic carbocycles. The Kier molecular flexibility index (Phi) is 15.4. The number of carbonyl (C=O) groups is 1. The first-order valence-electron chi connectivity index (χ1n) is 5.82. The molecule has 0 aromatic carbocycles. The first-order valence-corrected chi connectivity index (χ1v) is 5.82. The van der Waals surface area contributed by atoms with Crippen LogP contribution in [-0.2, 0) is 4.79 Å². The number of Topliss-reactive ketones (excluding diaryl/α,β-unsaturated/α-hetero) is 1. The summed E-state index contributed by atoms with van der Waals surface area (Å²) in [7, 11) is 0. The molecule has 0 fully saturated rings. The first kappa shape index (κ1) is 17.0. The van der Waals surface area contributed by atoms with Crippen LogP contribution < -0.4 is 0 Å². The van der Waals surface area contributed by atoms with E-state index in [1.165, 1.54) is 32.6 Å². The van der Waals surface area contributed by atoms with Gasteiger partial charge in [-0.15, -0.1) is 0 Å². The summed E-state index contributed by atoms with van der Waals surface area (Å²) >= 11 is 0. The van der Waals surface area contributed by atoms with Gasteiger partial charge in [-0.3, -0.25) is 0 Å². The summed E-state index contributed by atoms with van der Waals surface area (Å²) in [5.41, 5.74) is 0. The maximum absolute atomic E-state index is 10.5. The Balaban J connectivity index is 0. The van der Waals surface area contributed by atoms with Crippen molar-refractivity contribution in [2.24, 2.45) is 0 Å². The molecule has 0 aliphatic heterocycles. The summed E-state index contributed by atoms with van der Waals surface area (Å²) < 4.78 is 0. The molecule has 0 saturated heterocycles. The molecule has 0 saturated carbocycles. The number of hydrogen-bond acceptors (Lipinski definition) is 3. The highest BCUT2D eigenvalue weighted by molar-refractivity contribution is 5.75. The van der Waals surface area contributed by atoms with E-state index in [0.717, 1.165) is 12.8 Å². The van der Waals surface area contributed by atoms with Crippen LogP contribution in [0.15, 0.2) is 0 Å². The molecule has 0 aliphatic rings. The van der Waals surface area contributed by atoms with E-state index in [4.69, 9.17) is 10.2 Å². The van der Waals surface area contributed by atoms with Gasteiger partial charge in [0, 0.05) is 6.42 Å². The van der Waals surface area contributed by atoms with Crippen LogP contribution in [0.3, 0.4) is 0 Å². The van der Waals surface area contributed by atoms with Gasteiger partial charge in [-0.05, 0) is 20.3 Å². The molecule has 15 heavy (non-hydrogen) atoms. The average Bonchev–Trinajstić information content (AvgIpc) is 2.18. The van der Waals surface area contributed by atoms with Gasteiger partial charge in [0.2, 0.25) is 0 Å². The van der Waals surface area contributed by atoms with Gasteiger partial charge in [-0.1, -0.05) is 32.6 Å². The van der Waals surface area contributed by atoms with Crippen molar-refractivity contribution in [1.29, 1.82) is 0 Å². The molecule has 3 heteroatoms. The van der Waals surface area contributed by atoms with Gasteiger partial charge in [0.15, 0.2) is 0 Å². The topological polar surface area (TPSA) is 57.5 Å². The van der Waals surface area contributed by atoms with E-state index in [-0.39, 0.29) is 6.61 Å². The minimum Gasteiger partial charge on any atom is -0.394 e. The number of unbranched alkanes of at least 4 members (excludes halogenated alkanes) is 4. The predicted molar refractivity (Wildman–Crippen MR) is 62.8 cm³/mol. The van der Waals surface area contributed by atoms with Crippen molar-refractivity contribution in [2.75, 3.05) is 6.61 Å². The van der Waals surface area contributed by atoms with Crippen LogP contribution in [-0.4, -0.2) is 28.7 Å². The van der Waals surface area contributed by atoms with Gasteiger partial charge in [0.25, 0.3) is 0 Å². The summed E-state index contributed by atoms with van der Waals surface area (Å²) in [6.07, 6.45) is 6.43. The number of aliphatic hydroxyl groups excluding tert-OH is 2. The van der Waals surface area contributed by atoms with Crippen LogP contribution in [0.5, 0.6) is 0 Å². The SMILES string of the molecule is CC(O)CO.CCCCCCCC(C)=O. The van der Waals surface area contributed by atoms with E-state index in [1.807, 2.05) is 0 Å². The zero-order valence-electron chi connectivity index (χ0n) is 10.3. The lowest BCUT2D eigenvalue weighted by atomic mass is 10.1. The monoisotopic (exact) mass is 218 g/mol. The Morgan fingerprint density at radius 2 is 1.67 bits per heavy atom. The van der Waals surface area contributed by atoms with Gasteiger partial charge in [0.1, 0.15) is 5.78 Å². The third-order valence-corrected chi connectivity index (χ3v) is 1.90. The molecular formula is C12H26O3.